The van der Waals surface area contributed by atoms with Crippen molar-refractivity contribution in [3.8, 4) is 0 Å². The van der Waals surface area contributed by atoms with Gasteiger partial charge in [-0.1, -0.05) is 30.3 Å². The van der Waals surface area contributed by atoms with Crippen LogP contribution in [0.1, 0.15) is 5.56 Å². The number of aromatic nitrogens is 3. The van der Waals surface area contributed by atoms with Crippen LogP contribution in [0.15, 0.2) is 41.8 Å². The molecule has 0 saturated carbocycles. The van der Waals surface area contributed by atoms with E-state index >= 15 is 0 Å². The molecule has 1 fully saturated rings. The van der Waals surface area contributed by atoms with Crippen molar-refractivity contribution in [1.82, 2.24) is 15.2 Å². The summed E-state index contributed by atoms with van der Waals surface area (Å²) >= 11 is 1.38. The average molecular weight is 249 g/mol. The molecular weight excluding hydrogens is 238 g/mol. The lowest BCUT2D eigenvalue weighted by molar-refractivity contribution is -0.0817. The van der Waals surface area contributed by atoms with Gasteiger partial charge in [0.05, 0.1) is 13.2 Å². The number of rotatable bonds is 3. The van der Waals surface area contributed by atoms with Gasteiger partial charge in [-0.05, 0) is 11.8 Å². The maximum Gasteiger partial charge on any atom is 0.253 e. The van der Waals surface area contributed by atoms with E-state index in [4.69, 9.17) is 9.47 Å². The fraction of sp³-hybridized carbons (Fsp3) is 0.273. The van der Waals surface area contributed by atoms with Crippen molar-refractivity contribution >= 4 is 11.8 Å². The van der Waals surface area contributed by atoms with Gasteiger partial charge in [-0.3, -0.25) is 5.10 Å². The molecule has 1 N–H and O–H groups in total. The molecule has 0 atom stereocenters. The molecule has 88 valence electrons. The predicted molar refractivity (Wildman–Crippen MR) is 62.3 cm³/mol. The Balaban J connectivity index is 1.93. The number of ether oxygens (including phenoxy) is 2. The monoisotopic (exact) mass is 249 g/mol. The topological polar surface area (TPSA) is 60.0 Å². The molecule has 1 aliphatic rings. The zero-order valence-corrected chi connectivity index (χ0v) is 9.81. The van der Waals surface area contributed by atoms with Crippen molar-refractivity contribution in [1.29, 1.82) is 0 Å². The lowest BCUT2D eigenvalue weighted by atomic mass is 10.2. The first-order chi connectivity index (χ1) is 8.39. The molecule has 17 heavy (non-hydrogen) atoms. The van der Waals surface area contributed by atoms with Crippen LogP contribution >= 0.6 is 11.8 Å². The molecule has 0 aliphatic carbocycles. The fourth-order valence-corrected chi connectivity index (χ4v) is 2.68. The van der Waals surface area contributed by atoms with Crippen molar-refractivity contribution in [2.45, 2.75) is 10.3 Å². The van der Waals surface area contributed by atoms with E-state index in [1.807, 2.05) is 30.3 Å². The summed E-state index contributed by atoms with van der Waals surface area (Å²) in [6.45, 7) is 1.16. The number of thioether (sulfide) groups is 1. The molecule has 0 unspecified atom stereocenters. The smallest absolute Gasteiger partial charge is 0.253 e. The second kappa shape index (κ2) is 4.48. The lowest BCUT2D eigenvalue weighted by Crippen LogP contribution is -2.22. The largest absolute Gasteiger partial charge is 0.335 e. The summed E-state index contributed by atoms with van der Waals surface area (Å²) in [6, 6.07) is 9.85. The third-order valence-electron chi connectivity index (χ3n) is 2.42. The van der Waals surface area contributed by atoms with Crippen molar-refractivity contribution in [3.63, 3.8) is 0 Å². The van der Waals surface area contributed by atoms with Crippen molar-refractivity contribution in [2.24, 2.45) is 0 Å². The molecule has 6 heteroatoms. The van der Waals surface area contributed by atoms with Crippen LogP contribution in [0.5, 0.6) is 0 Å². The number of benzene rings is 1. The van der Waals surface area contributed by atoms with Gasteiger partial charge < -0.3 is 9.47 Å². The lowest BCUT2D eigenvalue weighted by Gasteiger charge is -2.25. The summed E-state index contributed by atoms with van der Waals surface area (Å²) in [5, 5.41) is 6.49. The van der Waals surface area contributed by atoms with Crippen molar-refractivity contribution in [3.05, 3.63) is 42.2 Å². The Labute approximate surface area is 103 Å². The zero-order valence-electron chi connectivity index (χ0n) is 9.00. The third-order valence-corrected chi connectivity index (χ3v) is 3.55. The highest BCUT2D eigenvalue weighted by molar-refractivity contribution is 7.99. The Morgan fingerprint density at radius 1 is 1.18 bits per heavy atom. The van der Waals surface area contributed by atoms with Gasteiger partial charge in [0.1, 0.15) is 6.33 Å². The number of nitrogens with one attached hydrogen (secondary N) is 1. The summed E-state index contributed by atoms with van der Waals surface area (Å²) in [5.41, 5.74) is 0.971. The Hall–Kier alpha value is -1.37. The van der Waals surface area contributed by atoms with Gasteiger partial charge in [0.15, 0.2) is 5.16 Å². The quantitative estimate of drug-likeness (QED) is 0.898. The number of hydrogen-bond acceptors (Lipinski definition) is 5. The molecule has 1 saturated heterocycles. The van der Waals surface area contributed by atoms with Crippen LogP contribution in [0, 0.1) is 0 Å². The van der Waals surface area contributed by atoms with Crippen LogP contribution in [0.3, 0.4) is 0 Å². The summed E-state index contributed by atoms with van der Waals surface area (Å²) in [4.78, 5) is 4.09. The number of H-pyrrole nitrogens is 1. The minimum Gasteiger partial charge on any atom is -0.335 e. The molecule has 1 aromatic heterocycles. The standard InChI is InChI=1S/C11H11N3O2S/c1-2-4-9(5-3-1)11(15-6-7-16-11)17-10-12-8-13-14-10/h1-5,8H,6-7H2,(H,12,13,14). The van der Waals surface area contributed by atoms with E-state index in [0.717, 1.165) is 5.56 Å². The third kappa shape index (κ3) is 2.06. The number of hydrogen-bond donors (Lipinski definition) is 1. The number of aromatic amines is 1. The Kier molecular flexibility index (Phi) is 2.84. The molecule has 1 aromatic carbocycles. The van der Waals surface area contributed by atoms with Crippen LogP contribution in [0.25, 0.3) is 0 Å². The summed E-state index contributed by atoms with van der Waals surface area (Å²) < 4.78 is 11.5. The van der Waals surface area contributed by atoms with Gasteiger partial charge >= 0.3 is 0 Å². The van der Waals surface area contributed by atoms with E-state index < -0.39 is 5.12 Å². The van der Waals surface area contributed by atoms with Gasteiger partial charge in [-0.15, -0.1) is 0 Å². The molecule has 3 rings (SSSR count). The van der Waals surface area contributed by atoms with Crippen LogP contribution < -0.4 is 0 Å². The van der Waals surface area contributed by atoms with Crippen LogP contribution in [0.4, 0.5) is 0 Å². The fourth-order valence-electron chi connectivity index (χ4n) is 1.69. The predicted octanol–water partition coefficient (Wildman–Crippen LogP) is 1.75. The second-order valence-corrected chi connectivity index (χ2v) is 4.64. The normalized spacial score (nSPS) is 18.4. The van der Waals surface area contributed by atoms with E-state index in [2.05, 4.69) is 15.2 Å². The van der Waals surface area contributed by atoms with Crippen molar-refractivity contribution < 1.29 is 9.47 Å². The molecule has 2 aromatic rings. The molecule has 5 nitrogen and oxygen atoms in total. The first-order valence-electron chi connectivity index (χ1n) is 5.27. The minimum atomic E-state index is -0.805. The van der Waals surface area contributed by atoms with Crippen LogP contribution in [-0.4, -0.2) is 28.4 Å². The molecule has 0 bridgehead atoms. The molecule has 0 radical (unpaired) electrons. The van der Waals surface area contributed by atoms with E-state index in [9.17, 15) is 0 Å². The summed E-state index contributed by atoms with van der Waals surface area (Å²) in [6.07, 6.45) is 1.47. The highest BCUT2D eigenvalue weighted by Crippen LogP contribution is 2.44. The second-order valence-electron chi connectivity index (χ2n) is 3.51. The maximum absolute atomic E-state index is 5.75. The Morgan fingerprint density at radius 3 is 2.59 bits per heavy atom. The van der Waals surface area contributed by atoms with E-state index in [0.29, 0.717) is 18.4 Å². The first-order valence-corrected chi connectivity index (χ1v) is 6.08. The number of nitrogens with zero attached hydrogens (tertiary/aromatic N) is 2. The highest BCUT2D eigenvalue weighted by Gasteiger charge is 2.40. The zero-order chi connectivity index (χ0) is 11.6. The summed E-state index contributed by atoms with van der Waals surface area (Å²) in [7, 11) is 0. The van der Waals surface area contributed by atoms with Gasteiger partial charge in [0, 0.05) is 5.56 Å². The van der Waals surface area contributed by atoms with Crippen molar-refractivity contribution in [2.75, 3.05) is 13.2 Å². The Morgan fingerprint density at radius 2 is 1.94 bits per heavy atom. The summed E-state index contributed by atoms with van der Waals surface area (Å²) in [5.74, 6) is 0. The molecule has 1 aliphatic heterocycles. The van der Waals surface area contributed by atoms with Gasteiger partial charge in [-0.25, -0.2) is 4.98 Å². The molecule has 0 spiro atoms. The van der Waals surface area contributed by atoms with Gasteiger partial charge in [0.25, 0.3) is 5.12 Å². The van der Waals surface area contributed by atoms with Crippen LogP contribution in [-0.2, 0) is 14.6 Å². The van der Waals surface area contributed by atoms with Crippen LogP contribution in [0.2, 0.25) is 0 Å². The highest BCUT2D eigenvalue weighted by atomic mass is 32.2. The Bertz CT molecular complexity index is 469. The van der Waals surface area contributed by atoms with E-state index in [1.165, 1.54) is 18.1 Å². The molecule has 2 heterocycles. The van der Waals surface area contributed by atoms with Gasteiger partial charge in [0.2, 0.25) is 0 Å². The molecular formula is C11H11N3O2S. The maximum atomic E-state index is 5.75. The average Bonchev–Trinajstić information content (AvgIpc) is 3.03. The minimum absolute atomic E-state index is 0.579. The SMILES string of the molecule is c1ccc(C2(Sc3ncn[nH]3)OCCO2)cc1. The molecule has 0 amide bonds. The first kappa shape index (κ1) is 10.8. The van der Waals surface area contributed by atoms with Gasteiger partial charge in [-0.2, -0.15) is 5.10 Å². The van der Waals surface area contributed by atoms with E-state index in [1.54, 1.807) is 0 Å². The van der Waals surface area contributed by atoms with E-state index in [-0.39, 0.29) is 0 Å².